The first kappa shape index (κ1) is 29.5. The molecule has 0 aromatic heterocycles. The van der Waals surface area contributed by atoms with Gasteiger partial charge in [0.25, 0.3) is 6.29 Å². The third kappa shape index (κ3) is 11.3. The third-order valence-corrected chi connectivity index (χ3v) is 5.31. The van der Waals surface area contributed by atoms with E-state index in [1.807, 2.05) is 31.2 Å². The van der Waals surface area contributed by atoms with E-state index in [1.165, 1.54) is 0 Å². The van der Waals surface area contributed by atoms with Crippen LogP contribution in [-0.2, 0) is 41.9 Å². The second-order valence-corrected chi connectivity index (χ2v) is 8.24. The highest BCUT2D eigenvalue weighted by atomic mass is 17.3. The number of hydrogen-bond acceptors (Lipinski definition) is 8. The highest BCUT2D eigenvalue weighted by Crippen LogP contribution is 2.12. The SMILES string of the molecule is CCCCc1ccc(C(=O)OOC(COCCOCC)OOC(=O)c2ccc(CCCC)cc2)cc1. The molecular formula is C28H38O8. The van der Waals surface area contributed by atoms with Gasteiger partial charge < -0.3 is 9.47 Å². The number of carbonyl (C=O) groups excluding carboxylic acids is 2. The van der Waals surface area contributed by atoms with E-state index in [4.69, 9.17) is 29.0 Å². The van der Waals surface area contributed by atoms with Crippen LogP contribution < -0.4 is 0 Å². The first-order chi connectivity index (χ1) is 17.6. The van der Waals surface area contributed by atoms with Gasteiger partial charge in [0.15, 0.2) is 0 Å². The van der Waals surface area contributed by atoms with Crippen molar-refractivity contribution < 1.29 is 38.6 Å². The Bertz CT molecular complexity index is 812. The zero-order valence-electron chi connectivity index (χ0n) is 21.5. The molecule has 0 aliphatic rings. The van der Waals surface area contributed by atoms with Gasteiger partial charge in [-0.2, -0.15) is 0 Å². The summed E-state index contributed by atoms with van der Waals surface area (Å²) in [7, 11) is 0. The van der Waals surface area contributed by atoms with E-state index < -0.39 is 18.2 Å². The topological polar surface area (TPSA) is 89.5 Å². The fourth-order valence-electron chi connectivity index (χ4n) is 3.18. The molecule has 0 spiro atoms. The average molecular weight is 503 g/mol. The Balaban J connectivity index is 1.88. The van der Waals surface area contributed by atoms with Gasteiger partial charge >= 0.3 is 11.9 Å². The van der Waals surface area contributed by atoms with Gasteiger partial charge in [-0.1, -0.05) is 51.0 Å². The third-order valence-electron chi connectivity index (χ3n) is 5.31. The van der Waals surface area contributed by atoms with Crippen LogP contribution in [0.15, 0.2) is 48.5 Å². The molecule has 8 nitrogen and oxygen atoms in total. The van der Waals surface area contributed by atoms with Crippen molar-refractivity contribution in [2.45, 2.75) is 65.6 Å². The number of aryl methyl sites for hydroxylation is 2. The fourth-order valence-corrected chi connectivity index (χ4v) is 3.18. The van der Waals surface area contributed by atoms with Crippen LogP contribution in [0.4, 0.5) is 0 Å². The van der Waals surface area contributed by atoms with Crippen LogP contribution >= 0.6 is 0 Å². The summed E-state index contributed by atoms with van der Waals surface area (Å²) in [4.78, 5) is 44.8. The lowest BCUT2D eigenvalue weighted by Gasteiger charge is -2.15. The molecule has 0 bridgehead atoms. The summed E-state index contributed by atoms with van der Waals surface area (Å²) in [5.41, 5.74) is 2.94. The average Bonchev–Trinajstić information content (AvgIpc) is 2.91. The van der Waals surface area contributed by atoms with E-state index in [2.05, 4.69) is 13.8 Å². The Morgan fingerprint density at radius 2 is 1.11 bits per heavy atom. The fraction of sp³-hybridized carbons (Fsp3) is 0.500. The number of unbranched alkanes of at least 4 members (excludes halogenated alkanes) is 2. The van der Waals surface area contributed by atoms with Crippen LogP contribution in [0.1, 0.15) is 78.3 Å². The second kappa shape index (κ2) is 17.6. The summed E-state index contributed by atoms with van der Waals surface area (Å²) >= 11 is 0. The van der Waals surface area contributed by atoms with Crippen molar-refractivity contribution in [3.8, 4) is 0 Å². The summed E-state index contributed by atoms with van der Waals surface area (Å²) in [6, 6.07) is 14.2. The van der Waals surface area contributed by atoms with Gasteiger partial charge in [-0.25, -0.2) is 9.59 Å². The second-order valence-electron chi connectivity index (χ2n) is 8.24. The number of hydrogen-bond donors (Lipinski definition) is 0. The van der Waals surface area contributed by atoms with Crippen molar-refractivity contribution in [1.82, 2.24) is 0 Å². The van der Waals surface area contributed by atoms with Crippen molar-refractivity contribution in [3.05, 3.63) is 70.8 Å². The molecular weight excluding hydrogens is 464 g/mol. The molecule has 2 aromatic carbocycles. The molecule has 0 aliphatic carbocycles. The van der Waals surface area contributed by atoms with Crippen molar-refractivity contribution >= 4 is 11.9 Å². The molecule has 0 atom stereocenters. The number of carbonyl (C=O) groups is 2. The van der Waals surface area contributed by atoms with Crippen LogP contribution in [0.2, 0.25) is 0 Å². The summed E-state index contributed by atoms with van der Waals surface area (Å²) in [6.45, 7) is 7.17. The van der Waals surface area contributed by atoms with Crippen LogP contribution in [0.25, 0.3) is 0 Å². The molecule has 0 saturated heterocycles. The van der Waals surface area contributed by atoms with E-state index in [-0.39, 0.29) is 13.2 Å². The maximum atomic E-state index is 12.4. The van der Waals surface area contributed by atoms with Crippen LogP contribution in [-0.4, -0.2) is 44.7 Å². The lowest BCUT2D eigenvalue weighted by atomic mass is 10.1. The van der Waals surface area contributed by atoms with Gasteiger partial charge in [-0.05, 0) is 68.0 Å². The molecule has 8 heteroatoms. The molecule has 0 fully saturated rings. The Morgan fingerprint density at radius 3 is 1.53 bits per heavy atom. The normalized spacial score (nSPS) is 11.0. The Morgan fingerprint density at radius 1 is 0.667 bits per heavy atom. The van der Waals surface area contributed by atoms with E-state index in [1.54, 1.807) is 24.3 Å². The number of benzene rings is 2. The standard InChI is InChI=1S/C28H38O8/c1-4-7-9-22-11-15-24(16-12-22)27(29)35-33-26(21-32-20-19-31-6-3)34-36-28(30)25-17-13-23(14-18-25)10-8-5-2/h11-18,26H,4-10,19-21H2,1-3H3. The number of rotatable bonds is 18. The summed E-state index contributed by atoms with van der Waals surface area (Å²) < 4.78 is 10.6. The highest BCUT2D eigenvalue weighted by Gasteiger charge is 2.20. The Hall–Kier alpha value is -2.78. The summed E-state index contributed by atoms with van der Waals surface area (Å²) in [5.74, 6) is -1.40. The molecule has 2 aromatic rings. The van der Waals surface area contributed by atoms with Gasteiger partial charge in [0.1, 0.15) is 6.61 Å². The molecule has 0 amide bonds. The van der Waals surface area contributed by atoms with Gasteiger partial charge in [-0.15, -0.1) is 9.78 Å². The molecule has 0 radical (unpaired) electrons. The summed E-state index contributed by atoms with van der Waals surface area (Å²) in [5, 5.41) is 0. The molecule has 2 rings (SSSR count). The highest BCUT2D eigenvalue weighted by molar-refractivity contribution is 5.89. The molecule has 36 heavy (non-hydrogen) atoms. The lowest BCUT2D eigenvalue weighted by Crippen LogP contribution is -2.27. The summed E-state index contributed by atoms with van der Waals surface area (Å²) in [6.07, 6.45) is 4.97. The van der Waals surface area contributed by atoms with E-state index in [9.17, 15) is 9.59 Å². The smallest absolute Gasteiger partial charge is 0.373 e. The maximum Gasteiger partial charge on any atom is 0.373 e. The molecule has 0 aliphatic heterocycles. The maximum absolute atomic E-state index is 12.4. The molecule has 198 valence electrons. The minimum Gasteiger partial charge on any atom is -0.379 e. The first-order valence-electron chi connectivity index (χ1n) is 12.7. The minimum atomic E-state index is -1.29. The predicted molar refractivity (Wildman–Crippen MR) is 134 cm³/mol. The van der Waals surface area contributed by atoms with E-state index in [0.717, 1.165) is 49.7 Å². The number of ether oxygens (including phenoxy) is 2. The zero-order valence-corrected chi connectivity index (χ0v) is 21.5. The van der Waals surface area contributed by atoms with Crippen molar-refractivity contribution in [2.24, 2.45) is 0 Å². The molecule has 0 unspecified atom stereocenters. The minimum absolute atomic E-state index is 0.153. The van der Waals surface area contributed by atoms with Crippen LogP contribution in [0.3, 0.4) is 0 Å². The Labute approximate surface area is 213 Å². The molecule has 0 heterocycles. The largest absolute Gasteiger partial charge is 0.379 e. The van der Waals surface area contributed by atoms with Crippen molar-refractivity contribution in [1.29, 1.82) is 0 Å². The van der Waals surface area contributed by atoms with Crippen LogP contribution in [0.5, 0.6) is 0 Å². The van der Waals surface area contributed by atoms with Gasteiger partial charge in [0, 0.05) is 6.61 Å². The van der Waals surface area contributed by atoms with Crippen LogP contribution in [0, 0.1) is 0 Å². The lowest BCUT2D eigenvalue weighted by molar-refractivity contribution is -0.427. The van der Waals surface area contributed by atoms with Gasteiger partial charge in [0.2, 0.25) is 0 Å². The zero-order chi connectivity index (χ0) is 26.0. The van der Waals surface area contributed by atoms with Gasteiger partial charge in [0.05, 0.1) is 24.3 Å². The quantitative estimate of drug-likeness (QED) is 0.112. The first-order valence-corrected chi connectivity index (χ1v) is 12.7. The molecule has 0 saturated carbocycles. The van der Waals surface area contributed by atoms with Crippen molar-refractivity contribution in [2.75, 3.05) is 26.4 Å². The predicted octanol–water partition coefficient (Wildman–Crippen LogP) is 5.63. The molecule has 0 N–H and O–H groups in total. The monoisotopic (exact) mass is 502 g/mol. The van der Waals surface area contributed by atoms with Crippen molar-refractivity contribution in [3.63, 3.8) is 0 Å². The van der Waals surface area contributed by atoms with E-state index >= 15 is 0 Å². The van der Waals surface area contributed by atoms with Gasteiger partial charge in [-0.3, -0.25) is 9.78 Å². The Kier molecular flexibility index (Phi) is 14.4. The van der Waals surface area contributed by atoms with E-state index in [0.29, 0.717) is 24.3 Å².